The molecular formula is C54H58O11. The van der Waals surface area contributed by atoms with E-state index in [9.17, 15) is 10.2 Å². The Kier molecular flexibility index (Phi) is 17.4. The van der Waals surface area contributed by atoms with Crippen molar-refractivity contribution in [1.29, 1.82) is 0 Å². The van der Waals surface area contributed by atoms with Gasteiger partial charge in [-0.25, -0.2) is 0 Å². The number of rotatable bonds is 22. The number of hydrogen-bond acceptors (Lipinski definition) is 11. The molecule has 2 aliphatic heterocycles. The van der Waals surface area contributed by atoms with Crippen molar-refractivity contribution in [3.05, 3.63) is 215 Å². The van der Waals surface area contributed by atoms with E-state index in [1.165, 1.54) is 0 Å². The van der Waals surface area contributed by atoms with E-state index in [1.807, 2.05) is 182 Å². The highest BCUT2D eigenvalue weighted by atomic mass is 16.8. The average Bonchev–Trinajstić information content (AvgIpc) is 3.36. The van der Waals surface area contributed by atoms with E-state index in [0.717, 1.165) is 33.4 Å². The van der Waals surface area contributed by atoms with Crippen molar-refractivity contribution in [2.24, 2.45) is 0 Å². The van der Waals surface area contributed by atoms with Crippen LogP contribution in [0.25, 0.3) is 0 Å². The van der Waals surface area contributed by atoms with E-state index in [4.69, 9.17) is 42.6 Å². The van der Waals surface area contributed by atoms with Crippen LogP contribution in [0.15, 0.2) is 182 Å². The number of benzene rings is 6. The lowest BCUT2D eigenvalue weighted by molar-refractivity contribution is -0.387. The van der Waals surface area contributed by atoms with Crippen molar-refractivity contribution >= 4 is 0 Å². The third-order valence-corrected chi connectivity index (χ3v) is 11.4. The standard InChI is InChI=1S/C54H58O11/c55-47-51(61-35-43-27-15-5-16-28-43)49(59-33-41-23-11-3-12-24-41)45(37-57-31-39-19-7-1-8-20-39)63-53(47)65-54-48(56)52(62-36-44-29-17-6-18-30-44)50(60-34-42-25-13-4-14-26-42)46(64-54)38-58-32-40-21-9-2-10-22-40/h1-30,45-56H,31-38H2/t45-,46-,47-,48+,49-,50-,51-,52-,53+,54-/m1/s1. The van der Waals surface area contributed by atoms with E-state index < -0.39 is 61.4 Å². The van der Waals surface area contributed by atoms with Crippen LogP contribution in [0.5, 0.6) is 0 Å². The summed E-state index contributed by atoms with van der Waals surface area (Å²) in [6.07, 6.45) is -10.6. The van der Waals surface area contributed by atoms with E-state index in [0.29, 0.717) is 13.2 Å². The molecule has 0 aliphatic carbocycles. The third kappa shape index (κ3) is 13.5. The fourth-order valence-corrected chi connectivity index (χ4v) is 8.00. The van der Waals surface area contributed by atoms with E-state index >= 15 is 0 Å². The molecule has 6 aromatic carbocycles. The van der Waals surface area contributed by atoms with Crippen LogP contribution in [0.1, 0.15) is 33.4 Å². The largest absolute Gasteiger partial charge is 0.385 e. The SMILES string of the molecule is O[C@@H]1[C@@H](O[C@@H]2O[C@H](COCc3ccccc3)[C@@H](OCc3ccccc3)[C@H](OCc3ccccc3)[C@H]2O)O[C@H](COCc2ccccc2)[C@@H](OCc2ccccc2)[C@@H]1OCc1ccccc1. The van der Waals surface area contributed by atoms with E-state index in [2.05, 4.69) is 0 Å². The van der Waals surface area contributed by atoms with Gasteiger partial charge in [-0.3, -0.25) is 0 Å². The zero-order valence-electron chi connectivity index (χ0n) is 36.3. The van der Waals surface area contributed by atoms with Crippen LogP contribution in [0.2, 0.25) is 0 Å². The molecule has 2 heterocycles. The van der Waals surface area contributed by atoms with Crippen LogP contribution in [0.4, 0.5) is 0 Å². The molecular weight excluding hydrogens is 825 g/mol. The highest BCUT2D eigenvalue weighted by Gasteiger charge is 2.52. The first-order valence-electron chi connectivity index (χ1n) is 22.3. The van der Waals surface area contributed by atoms with Gasteiger partial charge in [-0.1, -0.05) is 182 Å². The molecule has 65 heavy (non-hydrogen) atoms. The van der Waals surface area contributed by atoms with Crippen molar-refractivity contribution in [1.82, 2.24) is 0 Å². The highest BCUT2D eigenvalue weighted by molar-refractivity contribution is 5.18. The minimum Gasteiger partial charge on any atom is -0.385 e. The van der Waals surface area contributed by atoms with Crippen LogP contribution in [0.3, 0.4) is 0 Å². The van der Waals surface area contributed by atoms with Crippen molar-refractivity contribution in [2.45, 2.75) is 101 Å². The minimum absolute atomic E-state index is 0.0777. The van der Waals surface area contributed by atoms with Gasteiger partial charge in [0.25, 0.3) is 0 Å². The van der Waals surface area contributed by atoms with Crippen molar-refractivity contribution in [3.63, 3.8) is 0 Å². The van der Waals surface area contributed by atoms with E-state index in [1.54, 1.807) is 0 Å². The highest BCUT2D eigenvalue weighted by Crippen LogP contribution is 2.34. The second-order valence-electron chi connectivity index (χ2n) is 16.2. The predicted octanol–water partition coefficient (Wildman–Crippen LogP) is 7.95. The summed E-state index contributed by atoms with van der Waals surface area (Å²) in [4.78, 5) is 0. The minimum atomic E-state index is -1.40. The maximum atomic E-state index is 12.3. The molecule has 340 valence electrons. The molecule has 8 rings (SSSR count). The van der Waals surface area contributed by atoms with Gasteiger partial charge in [0.1, 0.15) is 48.8 Å². The van der Waals surface area contributed by atoms with Crippen LogP contribution in [-0.4, -0.2) is 84.8 Å². The Bertz CT molecular complexity index is 2050. The zero-order chi connectivity index (χ0) is 44.5. The third-order valence-electron chi connectivity index (χ3n) is 11.4. The second-order valence-corrected chi connectivity index (χ2v) is 16.2. The molecule has 6 aromatic rings. The van der Waals surface area contributed by atoms with Crippen LogP contribution < -0.4 is 0 Å². The molecule has 11 heteroatoms. The lowest BCUT2D eigenvalue weighted by Crippen LogP contribution is -2.65. The fraction of sp³-hybridized carbons (Fsp3) is 0.333. The molecule has 0 bridgehead atoms. The van der Waals surface area contributed by atoms with Gasteiger partial charge in [0.2, 0.25) is 0 Å². The molecule has 0 amide bonds. The van der Waals surface area contributed by atoms with Gasteiger partial charge < -0.3 is 52.8 Å². The Morgan fingerprint density at radius 1 is 0.323 bits per heavy atom. The molecule has 0 unspecified atom stereocenters. The molecule has 0 aromatic heterocycles. The van der Waals surface area contributed by atoms with Gasteiger partial charge in [0.05, 0.1) is 52.9 Å². The van der Waals surface area contributed by atoms with Gasteiger partial charge in [-0.05, 0) is 33.4 Å². The molecule has 2 fully saturated rings. The fourth-order valence-electron chi connectivity index (χ4n) is 8.00. The topological polar surface area (TPSA) is 124 Å². The number of ether oxygens (including phenoxy) is 9. The molecule has 2 aliphatic rings. The molecule has 0 radical (unpaired) electrons. The Morgan fingerprint density at radius 3 is 0.846 bits per heavy atom. The van der Waals surface area contributed by atoms with Crippen LogP contribution >= 0.6 is 0 Å². The van der Waals surface area contributed by atoms with Gasteiger partial charge in [0.15, 0.2) is 12.6 Å². The normalized spacial score (nSPS) is 25.6. The van der Waals surface area contributed by atoms with Crippen molar-refractivity contribution < 1.29 is 52.8 Å². The van der Waals surface area contributed by atoms with Gasteiger partial charge >= 0.3 is 0 Å². The molecule has 11 nitrogen and oxygen atoms in total. The summed E-state index contributed by atoms with van der Waals surface area (Å²) in [5, 5.41) is 24.6. The quantitative estimate of drug-likeness (QED) is 0.0691. The number of aliphatic hydroxyl groups is 2. The molecule has 2 N–H and O–H groups in total. The Hall–Kier alpha value is -5.12. The summed E-state index contributed by atoms with van der Waals surface area (Å²) in [5.74, 6) is 0. The molecule has 0 saturated carbocycles. The zero-order valence-corrected chi connectivity index (χ0v) is 36.3. The molecule has 2 saturated heterocycles. The predicted molar refractivity (Wildman–Crippen MR) is 243 cm³/mol. The van der Waals surface area contributed by atoms with Gasteiger partial charge in [0, 0.05) is 0 Å². The number of hydrogen-bond donors (Lipinski definition) is 2. The summed E-state index contributed by atoms with van der Waals surface area (Å²) in [6.45, 7) is 1.60. The number of aliphatic hydroxyl groups excluding tert-OH is 2. The first kappa shape index (κ1) is 46.4. The van der Waals surface area contributed by atoms with Crippen molar-refractivity contribution in [2.75, 3.05) is 13.2 Å². The summed E-state index contributed by atoms with van der Waals surface area (Å²) in [5.41, 5.74) is 5.67. The van der Waals surface area contributed by atoms with Gasteiger partial charge in [-0.2, -0.15) is 0 Å². The average molecular weight is 883 g/mol. The Morgan fingerprint density at radius 2 is 0.569 bits per heavy atom. The summed E-state index contributed by atoms with van der Waals surface area (Å²) >= 11 is 0. The van der Waals surface area contributed by atoms with Crippen LogP contribution in [-0.2, 0) is 82.3 Å². The summed E-state index contributed by atoms with van der Waals surface area (Å²) in [6, 6.07) is 58.7. The lowest BCUT2D eigenvalue weighted by Gasteiger charge is -2.48. The first-order valence-corrected chi connectivity index (χ1v) is 22.3. The second kappa shape index (κ2) is 24.4. The molecule has 10 atom stereocenters. The smallest absolute Gasteiger partial charge is 0.189 e. The Labute approximate surface area is 381 Å². The monoisotopic (exact) mass is 882 g/mol. The van der Waals surface area contributed by atoms with E-state index in [-0.39, 0.29) is 39.6 Å². The maximum Gasteiger partial charge on any atom is 0.189 e. The molecule has 0 spiro atoms. The van der Waals surface area contributed by atoms with Crippen molar-refractivity contribution in [3.8, 4) is 0 Å². The summed E-state index contributed by atoms with van der Waals surface area (Å²) < 4.78 is 58.8. The maximum absolute atomic E-state index is 12.3. The Balaban J connectivity index is 1.07. The first-order chi connectivity index (χ1) is 32.1. The van der Waals surface area contributed by atoms with Gasteiger partial charge in [-0.15, -0.1) is 0 Å². The lowest BCUT2D eigenvalue weighted by atomic mass is 9.97. The van der Waals surface area contributed by atoms with Crippen LogP contribution in [0, 0.1) is 0 Å². The summed E-state index contributed by atoms with van der Waals surface area (Å²) in [7, 11) is 0.